The fourth-order valence-electron chi connectivity index (χ4n) is 2.75. The van der Waals surface area contributed by atoms with E-state index in [2.05, 4.69) is 20.1 Å². The van der Waals surface area contributed by atoms with Crippen molar-refractivity contribution in [3.05, 3.63) is 52.9 Å². The predicted octanol–water partition coefficient (Wildman–Crippen LogP) is 1.75. The number of hydrogen-bond acceptors (Lipinski definition) is 7. The number of aryl methyl sites for hydroxylation is 1. The maximum absolute atomic E-state index is 12.9. The van der Waals surface area contributed by atoms with Gasteiger partial charge in [-0.25, -0.2) is 4.79 Å². The van der Waals surface area contributed by atoms with Gasteiger partial charge in [0.15, 0.2) is 0 Å². The topological polar surface area (TPSA) is 114 Å². The van der Waals surface area contributed by atoms with E-state index in [0.29, 0.717) is 22.0 Å². The summed E-state index contributed by atoms with van der Waals surface area (Å²) in [6.07, 6.45) is 0.903. The number of pyridine rings is 1. The Labute approximate surface area is 167 Å². The summed E-state index contributed by atoms with van der Waals surface area (Å²) in [5, 5.41) is 19.7. The summed E-state index contributed by atoms with van der Waals surface area (Å²) in [5.74, 6) is 0.622. The second-order valence-electron chi connectivity index (χ2n) is 6.06. The van der Waals surface area contributed by atoms with Crippen molar-refractivity contribution in [2.24, 2.45) is 0 Å². The van der Waals surface area contributed by atoms with E-state index in [1.54, 1.807) is 24.3 Å². The number of rotatable bonds is 6. The Bertz CT molecular complexity index is 1030. The fraction of sp³-hybridized carbons (Fsp3) is 0.263. The van der Waals surface area contributed by atoms with Crippen LogP contribution in [0.15, 0.2) is 36.5 Å². The SMILES string of the molecule is COC(=O)NCc1cc(-n2ncc(-c3ccc(OC)nc3OC)[n+]2[O-])ccc1C. The quantitative estimate of drug-likeness (QED) is 0.496. The Morgan fingerprint density at radius 1 is 1.21 bits per heavy atom. The highest BCUT2D eigenvalue weighted by atomic mass is 16.5. The molecular weight excluding hydrogens is 378 g/mol. The molecule has 1 aromatic carbocycles. The van der Waals surface area contributed by atoms with E-state index in [1.165, 1.54) is 32.3 Å². The number of amides is 1. The molecule has 2 heterocycles. The number of nitrogens with zero attached hydrogens (tertiary/aromatic N) is 4. The van der Waals surface area contributed by atoms with Crippen molar-refractivity contribution in [3.63, 3.8) is 0 Å². The molecule has 0 atom stereocenters. The van der Waals surface area contributed by atoms with Gasteiger partial charge in [-0.2, -0.15) is 4.98 Å². The van der Waals surface area contributed by atoms with Crippen LogP contribution in [0.5, 0.6) is 11.8 Å². The number of alkyl carbamates (subject to hydrolysis) is 1. The average Bonchev–Trinajstić information content (AvgIpc) is 3.13. The number of carbonyl (C=O) groups is 1. The monoisotopic (exact) mass is 399 g/mol. The summed E-state index contributed by atoms with van der Waals surface area (Å²) in [5.41, 5.74) is 3.07. The van der Waals surface area contributed by atoms with E-state index in [9.17, 15) is 10.0 Å². The third-order valence-corrected chi connectivity index (χ3v) is 4.35. The molecule has 0 aliphatic heterocycles. The van der Waals surface area contributed by atoms with Crippen LogP contribution in [-0.4, -0.2) is 42.3 Å². The van der Waals surface area contributed by atoms with Crippen LogP contribution in [0, 0.1) is 12.1 Å². The van der Waals surface area contributed by atoms with E-state index < -0.39 is 6.09 Å². The van der Waals surface area contributed by atoms with Crippen LogP contribution >= 0.6 is 0 Å². The second kappa shape index (κ2) is 8.46. The number of methoxy groups -OCH3 is 3. The maximum Gasteiger partial charge on any atom is 0.407 e. The normalized spacial score (nSPS) is 10.5. The lowest BCUT2D eigenvalue weighted by molar-refractivity contribution is -0.678. The number of benzene rings is 1. The molecule has 0 saturated carbocycles. The van der Waals surface area contributed by atoms with Gasteiger partial charge in [-0.15, -0.1) is 4.85 Å². The molecule has 1 N–H and O–H groups in total. The third kappa shape index (κ3) is 4.05. The van der Waals surface area contributed by atoms with E-state index in [1.807, 2.05) is 13.0 Å². The zero-order valence-electron chi connectivity index (χ0n) is 16.5. The Kier molecular flexibility index (Phi) is 5.82. The highest BCUT2D eigenvalue weighted by Crippen LogP contribution is 2.28. The van der Waals surface area contributed by atoms with Crippen molar-refractivity contribution in [1.82, 2.24) is 20.2 Å². The molecule has 152 valence electrons. The van der Waals surface area contributed by atoms with Crippen LogP contribution in [0.4, 0.5) is 4.79 Å². The first kappa shape index (κ1) is 19.9. The van der Waals surface area contributed by atoms with Crippen LogP contribution in [0.3, 0.4) is 0 Å². The van der Waals surface area contributed by atoms with Gasteiger partial charge in [0.05, 0.1) is 26.9 Å². The average molecular weight is 399 g/mol. The van der Waals surface area contributed by atoms with Crippen molar-refractivity contribution in [1.29, 1.82) is 0 Å². The van der Waals surface area contributed by atoms with E-state index in [-0.39, 0.29) is 18.1 Å². The van der Waals surface area contributed by atoms with Crippen molar-refractivity contribution >= 4 is 6.09 Å². The highest BCUT2D eigenvalue weighted by Gasteiger charge is 2.21. The Balaban J connectivity index is 1.97. The van der Waals surface area contributed by atoms with Gasteiger partial charge in [0.1, 0.15) is 5.69 Å². The molecule has 1 amide bonds. The number of carbonyl (C=O) groups excluding carboxylic acids is 1. The molecule has 0 fully saturated rings. The minimum Gasteiger partial charge on any atom is -0.692 e. The molecule has 0 aliphatic rings. The van der Waals surface area contributed by atoms with Crippen molar-refractivity contribution in [2.45, 2.75) is 13.5 Å². The molecule has 10 nitrogen and oxygen atoms in total. The number of ether oxygens (including phenoxy) is 3. The fourth-order valence-corrected chi connectivity index (χ4v) is 2.75. The largest absolute Gasteiger partial charge is 0.692 e. The van der Waals surface area contributed by atoms with Gasteiger partial charge in [0.2, 0.25) is 23.7 Å². The Morgan fingerprint density at radius 2 is 2.00 bits per heavy atom. The summed E-state index contributed by atoms with van der Waals surface area (Å²) >= 11 is 0. The van der Waals surface area contributed by atoms with Crippen LogP contribution < -0.4 is 19.6 Å². The lowest BCUT2D eigenvalue weighted by atomic mass is 10.1. The standard InChI is InChI=1S/C19H21N5O5/c1-12-5-6-14(9-13(12)10-20-19(25)29-4)23-21-11-16(24(23)26)15-7-8-17(27-2)22-18(15)28-3/h5-9,11H,10H2,1-4H3,(H,20,25). The Hall–Kier alpha value is -3.82. The predicted molar refractivity (Wildman–Crippen MR) is 103 cm³/mol. The molecule has 0 aliphatic carbocycles. The zero-order valence-corrected chi connectivity index (χ0v) is 16.5. The van der Waals surface area contributed by atoms with E-state index in [4.69, 9.17) is 9.47 Å². The van der Waals surface area contributed by atoms with Gasteiger partial charge >= 0.3 is 6.09 Å². The van der Waals surface area contributed by atoms with Crippen molar-refractivity contribution in [3.8, 4) is 28.7 Å². The van der Waals surface area contributed by atoms with Gasteiger partial charge in [0, 0.05) is 17.7 Å². The van der Waals surface area contributed by atoms with Gasteiger partial charge < -0.3 is 24.7 Å². The molecule has 3 aromatic rings. The highest BCUT2D eigenvalue weighted by molar-refractivity contribution is 5.67. The summed E-state index contributed by atoms with van der Waals surface area (Å²) in [6.45, 7) is 2.17. The molecule has 0 bridgehead atoms. The molecule has 3 rings (SSSR count). The van der Waals surface area contributed by atoms with Gasteiger partial charge in [0.25, 0.3) is 0 Å². The minimum absolute atomic E-state index is 0.250. The van der Waals surface area contributed by atoms with Crippen molar-refractivity contribution < 1.29 is 23.9 Å². The molecule has 0 saturated heterocycles. The van der Waals surface area contributed by atoms with Crippen molar-refractivity contribution in [2.75, 3.05) is 21.3 Å². The second-order valence-corrected chi connectivity index (χ2v) is 6.06. The lowest BCUT2D eigenvalue weighted by Crippen LogP contribution is -2.38. The zero-order chi connectivity index (χ0) is 21.0. The van der Waals surface area contributed by atoms with Gasteiger partial charge in [-0.1, -0.05) is 6.07 Å². The number of hydrogen-bond donors (Lipinski definition) is 1. The van der Waals surface area contributed by atoms with Crippen LogP contribution in [-0.2, 0) is 11.3 Å². The number of aromatic nitrogens is 4. The van der Waals surface area contributed by atoms with Gasteiger partial charge in [-0.3, -0.25) is 0 Å². The third-order valence-electron chi connectivity index (χ3n) is 4.35. The molecule has 10 heteroatoms. The summed E-state index contributed by atoms with van der Waals surface area (Å²) in [7, 11) is 4.26. The Morgan fingerprint density at radius 3 is 2.69 bits per heavy atom. The summed E-state index contributed by atoms with van der Waals surface area (Å²) in [4.78, 5) is 17.4. The minimum atomic E-state index is -0.533. The van der Waals surface area contributed by atoms with Gasteiger partial charge in [-0.05, 0) is 41.0 Å². The van der Waals surface area contributed by atoms with Crippen LogP contribution in [0.25, 0.3) is 16.9 Å². The summed E-state index contributed by atoms with van der Waals surface area (Å²) in [6, 6.07) is 8.71. The molecular formula is C19H21N5O5. The first-order valence-electron chi connectivity index (χ1n) is 8.67. The molecule has 0 unspecified atom stereocenters. The molecule has 29 heavy (non-hydrogen) atoms. The van der Waals surface area contributed by atoms with E-state index >= 15 is 0 Å². The van der Waals surface area contributed by atoms with E-state index in [0.717, 1.165) is 11.1 Å². The van der Waals surface area contributed by atoms with Crippen LogP contribution in [0.1, 0.15) is 11.1 Å². The van der Waals surface area contributed by atoms with Crippen LogP contribution in [0.2, 0.25) is 0 Å². The maximum atomic E-state index is 12.9. The molecule has 0 radical (unpaired) electrons. The first-order valence-corrected chi connectivity index (χ1v) is 8.67. The molecule has 0 spiro atoms. The molecule has 2 aromatic heterocycles. The summed E-state index contributed by atoms with van der Waals surface area (Å²) < 4.78 is 15.0. The first-order chi connectivity index (χ1) is 14.0. The lowest BCUT2D eigenvalue weighted by Gasteiger charge is -2.11. The number of nitrogens with one attached hydrogen (secondary N) is 1. The smallest absolute Gasteiger partial charge is 0.407 e.